The molecule has 1 aromatic rings. The Balaban J connectivity index is 1.71. The lowest BCUT2D eigenvalue weighted by atomic mass is 10.1. The highest BCUT2D eigenvalue weighted by molar-refractivity contribution is 5.49. The summed E-state index contributed by atoms with van der Waals surface area (Å²) in [4.78, 5) is 2.52. The minimum Gasteiger partial charge on any atom is -0.368 e. The van der Waals surface area contributed by atoms with Gasteiger partial charge >= 0.3 is 0 Å². The zero-order valence-corrected chi connectivity index (χ0v) is 10.2. The van der Waals surface area contributed by atoms with Crippen LogP contribution in [0.3, 0.4) is 0 Å². The zero-order valence-electron chi connectivity index (χ0n) is 10.2. The molecule has 0 aliphatic carbocycles. The monoisotopic (exact) mass is 231 g/mol. The van der Waals surface area contributed by atoms with E-state index in [0.29, 0.717) is 12.1 Å². The van der Waals surface area contributed by atoms with Gasteiger partial charge in [0.2, 0.25) is 0 Å². The van der Waals surface area contributed by atoms with Crippen molar-refractivity contribution in [1.82, 2.24) is 5.32 Å². The van der Waals surface area contributed by atoms with Crippen LogP contribution in [0.4, 0.5) is 5.69 Å². The maximum absolute atomic E-state index is 5.57. The van der Waals surface area contributed by atoms with Crippen molar-refractivity contribution >= 4 is 5.69 Å². The summed E-state index contributed by atoms with van der Waals surface area (Å²) in [6, 6.07) is 10.3. The van der Waals surface area contributed by atoms with E-state index in [1.165, 1.54) is 24.1 Å². The quantitative estimate of drug-likeness (QED) is 0.819. The van der Waals surface area contributed by atoms with Gasteiger partial charge in [-0.2, -0.15) is 0 Å². The second kappa shape index (κ2) is 4.67. The van der Waals surface area contributed by atoms with Crippen LogP contribution in [0.5, 0.6) is 0 Å². The Bertz CT molecular complexity index is 362. The lowest BCUT2D eigenvalue weighted by molar-refractivity contribution is 0.466. The first-order valence-electron chi connectivity index (χ1n) is 6.65. The van der Waals surface area contributed by atoms with E-state index < -0.39 is 0 Å². The SMILES string of the molecule is NCCc1ccc(N2CC3CC[C@@H](C2)N3)cc1. The summed E-state index contributed by atoms with van der Waals surface area (Å²) in [5, 5.41) is 3.66. The van der Waals surface area contributed by atoms with Crippen LogP contribution >= 0.6 is 0 Å². The zero-order chi connectivity index (χ0) is 11.7. The first-order valence-corrected chi connectivity index (χ1v) is 6.65. The molecule has 2 bridgehead atoms. The third-order valence-corrected chi connectivity index (χ3v) is 3.95. The van der Waals surface area contributed by atoms with Crippen molar-refractivity contribution in [2.45, 2.75) is 31.3 Å². The van der Waals surface area contributed by atoms with Crippen LogP contribution in [0.2, 0.25) is 0 Å². The Labute approximate surface area is 103 Å². The second-order valence-electron chi connectivity index (χ2n) is 5.25. The van der Waals surface area contributed by atoms with Crippen LogP contribution in [0, 0.1) is 0 Å². The predicted octanol–water partition coefficient (Wildman–Crippen LogP) is 1.13. The molecule has 0 saturated carbocycles. The van der Waals surface area contributed by atoms with Gasteiger partial charge < -0.3 is 16.0 Å². The summed E-state index contributed by atoms with van der Waals surface area (Å²) < 4.78 is 0. The van der Waals surface area contributed by atoms with E-state index in [1.54, 1.807) is 0 Å². The molecule has 2 saturated heterocycles. The van der Waals surface area contributed by atoms with Crippen molar-refractivity contribution in [3.05, 3.63) is 29.8 Å². The predicted molar refractivity (Wildman–Crippen MR) is 71.4 cm³/mol. The Morgan fingerprint density at radius 3 is 2.35 bits per heavy atom. The van der Waals surface area contributed by atoms with Gasteiger partial charge in [0.25, 0.3) is 0 Å². The van der Waals surface area contributed by atoms with E-state index in [9.17, 15) is 0 Å². The Morgan fingerprint density at radius 2 is 1.76 bits per heavy atom. The minimum absolute atomic E-state index is 0.706. The summed E-state index contributed by atoms with van der Waals surface area (Å²) in [6.07, 6.45) is 3.66. The molecule has 0 aromatic heterocycles. The highest BCUT2D eigenvalue weighted by Crippen LogP contribution is 2.25. The number of nitrogens with one attached hydrogen (secondary N) is 1. The summed E-state index contributed by atoms with van der Waals surface area (Å²) >= 11 is 0. The maximum atomic E-state index is 5.57. The van der Waals surface area contributed by atoms with Crippen LogP contribution in [0.1, 0.15) is 18.4 Å². The van der Waals surface area contributed by atoms with Crippen molar-refractivity contribution in [3.63, 3.8) is 0 Å². The fraction of sp³-hybridized carbons (Fsp3) is 0.571. The standard InChI is InChI=1S/C14H21N3/c15-8-7-11-1-5-14(6-2-11)17-9-12-3-4-13(10-17)16-12/h1-2,5-6,12-13,16H,3-4,7-10,15H2/t12-,13?/m0/s1. The van der Waals surface area contributed by atoms with Crippen LogP contribution in [0.25, 0.3) is 0 Å². The third-order valence-electron chi connectivity index (χ3n) is 3.95. The van der Waals surface area contributed by atoms with Gasteiger partial charge in [-0.15, -0.1) is 0 Å². The van der Waals surface area contributed by atoms with Crippen LogP contribution < -0.4 is 16.0 Å². The van der Waals surface area contributed by atoms with Crippen LogP contribution in [-0.4, -0.2) is 31.7 Å². The minimum atomic E-state index is 0.706. The van der Waals surface area contributed by atoms with Crippen molar-refractivity contribution in [2.75, 3.05) is 24.5 Å². The lowest BCUT2D eigenvalue weighted by Crippen LogP contribution is -2.51. The number of piperazine rings is 1. The molecule has 3 heteroatoms. The number of benzene rings is 1. The number of nitrogens with zero attached hydrogens (tertiary/aromatic N) is 1. The Kier molecular flexibility index (Phi) is 3.04. The molecule has 0 radical (unpaired) electrons. The number of fused-ring (bicyclic) bond motifs is 2. The number of rotatable bonds is 3. The van der Waals surface area contributed by atoms with E-state index in [2.05, 4.69) is 34.5 Å². The summed E-state index contributed by atoms with van der Waals surface area (Å²) in [7, 11) is 0. The Hall–Kier alpha value is -1.06. The number of anilines is 1. The number of hydrogen-bond acceptors (Lipinski definition) is 3. The largest absolute Gasteiger partial charge is 0.368 e. The van der Waals surface area contributed by atoms with Gasteiger partial charge in [0.05, 0.1) is 0 Å². The molecule has 3 N–H and O–H groups in total. The van der Waals surface area contributed by atoms with Crippen molar-refractivity contribution < 1.29 is 0 Å². The molecule has 1 unspecified atom stereocenters. The third kappa shape index (κ3) is 2.31. The molecular formula is C14H21N3. The normalized spacial score (nSPS) is 27.5. The maximum Gasteiger partial charge on any atom is 0.0367 e. The molecule has 2 aliphatic heterocycles. The molecule has 2 heterocycles. The smallest absolute Gasteiger partial charge is 0.0367 e. The summed E-state index contributed by atoms with van der Waals surface area (Å²) in [6.45, 7) is 3.05. The van der Waals surface area contributed by atoms with Crippen LogP contribution in [-0.2, 0) is 6.42 Å². The first kappa shape index (κ1) is 11.1. The number of hydrogen-bond donors (Lipinski definition) is 2. The van der Waals surface area contributed by atoms with Crippen molar-refractivity contribution in [2.24, 2.45) is 5.73 Å². The molecule has 1 aromatic carbocycles. The van der Waals surface area contributed by atoms with Gasteiger partial charge in [0.15, 0.2) is 0 Å². The van der Waals surface area contributed by atoms with Gasteiger partial charge in [-0.1, -0.05) is 12.1 Å². The van der Waals surface area contributed by atoms with E-state index in [-0.39, 0.29) is 0 Å². The fourth-order valence-electron chi connectivity index (χ4n) is 3.05. The van der Waals surface area contributed by atoms with E-state index in [1.807, 2.05) is 0 Å². The molecular weight excluding hydrogens is 210 g/mol. The highest BCUT2D eigenvalue weighted by Gasteiger charge is 2.31. The molecule has 2 fully saturated rings. The topological polar surface area (TPSA) is 41.3 Å². The van der Waals surface area contributed by atoms with Gasteiger partial charge in [-0.25, -0.2) is 0 Å². The molecule has 0 spiro atoms. The van der Waals surface area contributed by atoms with E-state index in [0.717, 1.165) is 26.1 Å². The van der Waals surface area contributed by atoms with Crippen molar-refractivity contribution in [1.29, 1.82) is 0 Å². The van der Waals surface area contributed by atoms with Crippen molar-refractivity contribution in [3.8, 4) is 0 Å². The van der Waals surface area contributed by atoms with E-state index >= 15 is 0 Å². The molecule has 92 valence electrons. The first-order chi connectivity index (χ1) is 8.35. The number of nitrogens with two attached hydrogens (primary N) is 1. The van der Waals surface area contributed by atoms with Crippen LogP contribution in [0.15, 0.2) is 24.3 Å². The fourth-order valence-corrected chi connectivity index (χ4v) is 3.05. The van der Waals surface area contributed by atoms with Gasteiger partial charge in [-0.05, 0) is 43.5 Å². The highest BCUT2D eigenvalue weighted by atomic mass is 15.2. The average molecular weight is 231 g/mol. The molecule has 3 nitrogen and oxygen atoms in total. The molecule has 2 aliphatic rings. The second-order valence-corrected chi connectivity index (χ2v) is 5.25. The van der Waals surface area contributed by atoms with Gasteiger partial charge in [0, 0.05) is 30.9 Å². The van der Waals surface area contributed by atoms with Gasteiger partial charge in [-0.3, -0.25) is 0 Å². The average Bonchev–Trinajstić information content (AvgIpc) is 2.70. The molecule has 17 heavy (non-hydrogen) atoms. The molecule has 3 rings (SSSR count). The molecule has 2 atom stereocenters. The Morgan fingerprint density at radius 1 is 1.12 bits per heavy atom. The van der Waals surface area contributed by atoms with Gasteiger partial charge in [0.1, 0.15) is 0 Å². The summed E-state index contributed by atoms with van der Waals surface area (Å²) in [5.74, 6) is 0. The lowest BCUT2D eigenvalue weighted by Gasteiger charge is -2.34. The van der Waals surface area contributed by atoms with E-state index in [4.69, 9.17) is 5.73 Å². The summed E-state index contributed by atoms with van der Waals surface area (Å²) in [5.41, 5.74) is 8.27. The molecule has 0 amide bonds.